The quantitative estimate of drug-likeness (QED) is 0.852. The second kappa shape index (κ2) is 6.63. The van der Waals surface area contributed by atoms with Crippen LogP contribution in [-0.2, 0) is 4.79 Å². The van der Waals surface area contributed by atoms with Crippen LogP contribution >= 0.6 is 0 Å². The van der Waals surface area contributed by atoms with Gasteiger partial charge in [-0.15, -0.1) is 0 Å². The molecule has 0 saturated carbocycles. The number of benzene rings is 1. The molecule has 0 aliphatic carbocycles. The van der Waals surface area contributed by atoms with Gasteiger partial charge in [0.05, 0.1) is 13.0 Å². The van der Waals surface area contributed by atoms with E-state index in [1.54, 1.807) is 45.3 Å². The number of carbonyl (C=O) groups excluding carboxylic acids is 1. The van der Waals surface area contributed by atoms with E-state index in [-0.39, 0.29) is 12.6 Å². The van der Waals surface area contributed by atoms with Crippen LogP contribution < -0.4 is 10.1 Å². The zero-order valence-electron chi connectivity index (χ0n) is 11.2. The van der Waals surface area contributed by atoms with Gasteiger partial charge in [-0.25, -0.2) is 4.79 Å². The normalized spacial score (nSPS) is 11.5. The van der Waals surface area contributed by atoms with Crippen LogP contribution in [0.5, 0.6) is 5.75 Å². The van der Waals surface area contributed by atoms with Gasteiger partial charge in [0.1, 0.15) is 5.75 Å². The van der Waals surface area contributed by atoms with Gasteiger partial charge in [0.25, 0.3) is 0 Å². The first kappa shape index (κ1) is 14.8. The van der Waals surface area contributed by atoms with Crippen molar-refractivity contribution in [1.29, 1.82) is 0 Å². The summed E-state index contributed by atoms with van der Waals surface area (Å²) < 4.78 is 5.01. The highest BCUT2D eigenvalue weighted by molar-refractivity contribution is 5.89. The number of nitrogens with zero attached hydrogens (tertiary/aromatic N) is 1. The largest absolute Gasteiger partial charge is 0.497 e. The maximum atomic E-state index is 11.8. The summed E-state index contributed by atoms with van der Waals surface area (Å²) in [5, 5.41) is 11.5. The highest BCUT2D eigenvalue weighted by Gasteiger charge is 2.17. The van der Waals surface area contributed by atoms with Crippen LogP contribution in [0.1, 0.15) is 6.92 Å². The molecule has 0 bridgehead atoms. The average Bonchev–Trinajstić information content (AvgIpc) is 2.39. The van der Waals surface area contributed by atoms with Crippen LogP contribution in [-0.4, -0.2) is 42.7 Å². The molecule has 1 unspecified atom stereocenters. The van der Waals surface area contributed by atoms with Crippen molar-refractivity contribution in [3.8, 4) is 5.75 Å². The Bertz CT molecular complexity index is 444. The van der Waals surface area contributed by atoms with Gasteiger partial charge in [-0.05, 0) is 24.3 Å². The molecule has 6 heteroatoms. The molecule has 0 aliphatic rings. The van der Waals surface area contributed by atoms with Crippen LogP contribution in [0, 0.1) is 5.92 Å². The third-order valence-electron chi connectivity index (χ3n) is 2.66. The molecule has 1 atom stereocenters. The summed E-state index contributed by atoms with van der Waals surface area (Å²) >= 11 is 0. The molecule has 0 heterocycles. The van der Waals surface area contributed by atoms with Crippen LogP contribution in [0.4, 0.5) is 10.5 Å². The Kier molecular flexibility index (Phi) is 5.17. The number of hydrogen-bond acceptors (Lipinski definition) is 3. The van der Waals surface area contributed by atoms with E-state index in [2.05, 4.69) is 5.32 Å². The highest BCUT2D eigenvalue weighted by atomic mass is 16.5. The summed E-state index contributed by atoms with van der Waals surface area (Å²) in [6.07, 6.45) is 0. The Balaban J connectivity index is 2.55. The number of anilines is 1. The summed E-state index contributed by atoms with van der Waals surface area (Å²) in [5.74, 6) is -0.832. The summed E-state index contributed by atoms with van der Waals surface area (Å²) in [6.45, 7) is 1.71. The molecule has 19 heavy (non-hydrogen) atoms. The van der Waals surface area contributed by atoms with E-state index in [1.807, 2.05) is 0 Å². The van der Waals surface area contributed by atoms with E-state index in [0.29, 0.717) is 11.4 Å². The number of nitrogens with one attached hydrogen (secondary N) is 1. The molecule has 0 saturated heterocycles. The lowest BCUT2D eigenvalue weighted by Gasteiger charge is -2.20. The molecule has 1 rings (SSSR count). The van der Waals surface area contributed by atoms with Crippen LogP contribution in [0.2, 0.25) is 0 Å². The number of carboxylic acids is 1. The van der Waals surface area contributed by atoms with Gasteiger partial charge >= 0.3 is 12.0 Å². The lowest BCUT2D eigenvalue weighted by atomic mass is 10.2. The molecule has 0 radical (unpaired) electrons. The first-order valence-electron chi connectivity index (χ1n) is 5.83. The topological polar surface area (TPSA) is 78.9 Å². The van der Waals surface area contributed by atoms with E-state index < -0.39 is 11.9 Å². The van der Waals surface area contributed by atoms with Crippen LogP contribution in [0.3, 0.4) is 0 Å². The van der Waals surface area contributed by atoms with E-state index in [9.17, 15) is 9.59 Å². The minimum Gasteiger partial charge on any atom is -0.497 e. The van der Waals surface area contributed by atoms with Crippen molar-refractivity contribution in [3.63, 3.8) is 0 Å². The van der Waals surface area contributed by atoms with Gasteiger partial charge in [0.15, 0.2) is 0 Å². The number of carboxylic acid groups (broad SMARTS) is 1. The third-order valence-corrected chi connectivity index (χ3v) is 2.66. The Hall–Kier alpha value is -2.24. The number of amides is 2. The number of rotatable bonds is 5. The molecule has 2 N–H and O–H groups in total. The molecule has 6 nitrogen and oxygen atoms in total. The molecular formula is C13H18N2O4. The van der Waals surface area contributed by atoms with E-state index in [4.69, 9.17) is 9.84 Å². The zero-order valence-corrected chi connectivity index (χ0v) is 11.2. The first-order valence-corrected chi connectivity index (χ1v) is 5.83. The zero-order chi connectivity index (χ0) is 14.4. The molecule has 0 spiro atoms. The fourth-order valence-corrected chi connectivity index (χ4v) is 1.47. The summed E-state index contributed by atoms with van der Waals surface area (Å²) in [7, 11) is 3.12. The van der Waals surface area contributed by atoms with E-state index in [1.165, 1.54) is 4.90 Å². The molecule has 0 fully saturated rings. The maximum Gasteiger partial charge on any atom is 0.321 e. The summed E-state index contributed by atoms with van der Waals surface area (Å²) in [6, 6.07) is 6.54. The molecule has 0 aromatic heterocycles. The number of carbonyl (C=O) groups is 2. The second-order valence-corrected chi connectivity index (χ2v) is 4.28. The number of methoxy groups -OCH3 is 1. The lowest BCUT2D eigenvalue weighted by molar-refractivity contribution is -0.141. The molecule has 1 aromatic carbocycles. The molecule has 2 amide bonds. The van der Waals surface area contributed by atoms with Crippen LogP contribution in [0.25, 0.3) is 0 Å². The highest BCUT2D eigenvalue weighted by Crippen LogP contribution is 2.15. The monoisotopic (exact) mass is 266 g/mol. The Labute approximate surface area is 112 Å². The SMILES string of the molecule is COc1ccc(NC(=O)N(C)CC(C)C(=O)O)cc1. The smallest absolute Gasteiger partial charge is 0.321 e. The van der Waals surface area contributed by atoms with Crippen molar-refractivity contribution in [2.75, 3.05) is 26.0 Å². The summed E-state index contributed by atoms with van der Waals surface area (Å²) in [4.78, 5) is 23.9. The Morgan fingerprint density at radius 3 is 2.42 bits per heavy atom. The van der Waals surface area contributed by atoms with Gasteiger partial charge in [-0.1, -0.05) is 6.92 Å². The van der Waals surface area contributed by atoms with Crippen molar-refractivity contribution >= 4 is 17.7 Å². The molecule has 1 aromatic rings. The fraction of sp³-hybridized carbons (Fsp3) is 0.385. The number of ether oxygens (including phenoxy) is 1. The van der Waals surface area contributed by atoms with Crippen molar-refractivity contribution in [2.45, 2.75) is 6.92 Å². The van der Waals surface area contributed by atoms with Gasteiger partial charge in [-0.3, -0.25) is 4.79 Å². The van der Waals surface area contributed by atoms with Crippen molar-refractivity contribution < 1.29 is 19.4 Å². The van der Waals surface area contributed by atoms with Crippen molar-refractivity contribution in [2.24, 2.45) is 5.92 Å². The number of hydrogen-bond donors (Lipinski definition) is 2. The minimum atomic E-state index is -0.927. The van der Waals surface area contributed by atoms with Gasteiger partial charge in [0, 0.05) is 19.3 Å². The van der Waals surface area contributed by atoms with Crippen molar-refractivity contribution in [1.82, 2.24) is 4.90 Å². The minimum absolute atomic E-state index is 0.150. The Morgan fingerprint density at radius 2 is 1.95 bits per heavy atom. The number of urea groups is 1. The van der Waals surface area contributed by atoms with Gasteiger partial charge < -0.3 is 20.1 Å². The molecule has 104 valence electrons. The molecule has 0 aliphatic heterocycles. The number of aliphatic carboxylic acids is 1. The lowest BCUT2D eigenvalue weighted by Crippen LogP contribution is -2.36. The fourth-order valence-electron chi connectivity index (χ4n) is 1.47. The maximum absolute atomic E-state index is 11.8. The predicted molar refractivity (Wildman–Crippen MR) is 71.4 cm³/mol. The summed E-state index contributed by atoms with van der Waals surface area (Å²) in [5.41, 5.74) is 0.626. The molecular weight excluding hydrogens is 248 g/mol. The van der Waals surface area contributed by atoms with Gasteiger partial charge in [-0.2, -0.15) is 0 Å². The van der Waals surface area contributed by atoms with E-state index >= 15 is 0 Å². The first-order chi connectivity index (χ1) is 8.93. The average molecular weight is 266 g/mol. The van der Waals surface area contributed by atoms with Crippen LogP contribution in [0.15, 0.2) is 24.3 Å². The van der Waals surface area contributed by atoms with E-state index in [0.717, 1.165) is 0 Å². The third kappa shape index (κ3) is 4.50. The standard InChI is InChI=1S/C13H18N2O4/c1-9(12(16)17)8-15(2)13(18)14-10-4-6-11(19-3)7-5-10/h4-7,9H,8H2,1-3H3,(H,14,18)(H,16,17). The second-order valence-electron chi connectivity index (χ2n) is 4.28. The van der Waals surface area contributed by atoms with Crippen molar-refractivity contribution in [3.05, 3.63) is 24.3 Å². The van der Waals surface area contributed by atoms with Gasteiger partial charge in [0.2, 0.25) is 0 Å². The predicted octanol–water partition coefficient (Wildman–Crippen LogP) is 1.88. The Morgan fingerprint density at radius 1 is 1.37 bits per heavy atom.